The molecule has 0 amide bonds. The van der Waals surface area contributed by atoms with Crippen LogP contribution in [-0.2, 0) is 12.8 Å². The Morgan fingerprint density at radius 3 is 2.65 bits per heavy atom. The molecule has 0 unspecified atom stereocenters. The van der Waals surface area contributed by atoms with Crippen LogP contribution in [0.2, 0.25) is 0 Å². The number of aromatic nitrogens is 2. The van der Waals surface area contributed by atoms with Crippen molar-refractivity contribution in [1.82, 2.24) is 9.97 Å². The predicted octanol–water partition coefficient (Wildman–Crippen LogP) is 5.54. The maximum absolute atomic E-state index is 6.23. The van der Waals surface area contributed by atoms with E-state index in [-0.39, 0.29) is 0 Å². The van der Waals surface area contributed by atoms with Gasteiger partial charge in [-0.15, -0.1) is 0 Å². The minimum absolute atomic E-state index is 0.539. The molecule has 0 saturated heterocycles. The number of aryl methyl sites for hydroxylation is 2. The van der Waals surface area contributed by atoms with Crippen molar-refractivity contribution in [2.24, 2.45) is 11.7 Å². The van der Waals surface area contributed by atoms with Crippen LogP contribution < -0.4 is 16.4 Å². The van der Waals surface area contributed by atoms with Crippen LogP contribution in [0.25, 0.3) is 11.3 Å². The molecule has 0 aliphatic rings. The molecule has 0 aliphatic carbocycles. The Hall–Kier alpha value is -3.34. The van der Waals surface area contributed by atoms with Gasteiger partial charge in [0.1, 0.15) is 0 Å². The second-order valence-electron chi connectivity index (χ2n) is 8.28. The zero-order chi connectivity index (χ0) is 22.2. The van der Waals surface area contributed by atoms with Crippen LogP contribution in [0, 0.1) is 12.8 Å². The van der Waals surface area contributed by atoms with Gasteiger partial charge in [-0.25, -0.2) is 0 Å². The van der Waals surface area contributed by atoms with E-state index in [0.29, 0.717) is 12.5 Å². The highest BCUT2D eigenvalue weighted by atomic mass is 14.9. The van der Waals surface area contributed by atoms with E-state index in [2.05, 4.69) is 67.6 Å². The van der Waals surface area contributed by atoms with Crippen LogP contribution in [0.1, 0.15) is 37.6 Å². The van der Waals surface area contributed by atoms with Crippen molar-refractivity contribution in [2.75, 3.05) is 17.2 Å². The average molecular weight is 416 g/mol. The largest absolute Gasteiger partial charge is 0.399 e. The number of pyridine rings is 2. The lowest BCUT2D eigenvalue weighted by atomic mass is 9.98. The Morgan fingerprint density at radius 1 is 1.13 bits per heavy atom. The van der Waals surface area contributed by atoms with Crippen molar-refractivity contribution in [3.63, 3.8) is 0 Å². The molecule has 0 bridgehead atoms. The fourth-order valence-corrected chi connectivity index (χ4v) is 3.42. The van der Waals surface area contributed by atoms with Crippen molar-refractivity contribution in [3.8, 4) is 11.3 Å². The van der Waals surface area contributed by atoms with E-state index in [1.807, 2.05) is 30.6 Å². The quantitative estimate of drug-likeness (QED) is 0.428. The second kappa shape index (κ2) is 10.6. The normalized spacial score (nSPS) is 11.6. The zero-order valence-electron chi connectivity index (χ0n) is 18.9. The van der Waals surface area contributed by atoms with Gasteiger partial charge in [-0.2, -0.15) is 0 Å². The van der Waals surface area contributed by atoms with E-state index in [9.17, 15) is 0 Å². The summed E-state index contributed by atoms with van der Waals surface area (Å²) in [5, 5.41) is 6.73. The Balaban J connectivity index is 1.64. The van der Waals surface area contributed by atoms with Crippen LogP contribution in [-0.4, -0.2) is 16.5 Å². The summed E-state index contributed by atoms with van der Waals surface area (Å²) in [5.74, 6) is 0.652. The SMILES string of the molecule is CCc1cc(NC/C(N)=C/Nc2ccc(CC(C)C)c(C)c2)cc(-c2cccnc2)n1. The lowest BCUT2D eigenvalue weighted by molar-refractivity contribution is 0.645. The standard InChI is InChI=1S/C26H33N5/c1-5-23-13-25(14-26(31-23)21-7-6-10-28-15-21)30-17-22(27)16-29-24-9-8-20(11-18(2)3)19(4)12-24/h6-10,12-16,18,29H,5,11,17,27H2,1-4H3,(H,30,31)/b22-16-. The number of hydrogen-bond acceptors (Lipinski definition) is 5. The zero-order valence-corrected chi connectivity index (χ0v) is 18.9. The van der Waals surface area contributed by atoms with E-state index < -0.39 is 0 Å². The Labute approximate surface area is 185 Å². The fourth-order valence-electron chi connectivity index (χ4n) is 3.42. The van der Waals surface area contributed by atoms with Crippen LogP contribution in [0.5, 0.6) is 0 Å². The topological polar surface area (TPSA) is 75.9 Å². The van der Waals surface area contributed by atoms with Gasteiger partial charge in [0.15, 0.2) is 0 Å². The molecule has 4 N–H and O–H groups in total. The Bertz CT molecular complexity index is 1030. The molecule has 0 aliphatic heterocycles. The number of nitrogens with one attached hydrogen (secondary N) is 2. The van der Waals surface area contributed by atoms with Crippen LogP contribution in [0.15, 0.2) is 66.8 Å². The van der Waals surface area contributed by atoms with Crippen LogP contribution >= 0.6 is 0 Å². The molecule has 2 aromatic heterocycles. The number of nitrogens with two attached hydrogens (primary N) is 1. The molecule has 2 heterocycles. The van der Waals surface area contributed by atoms with Crippen molar-refractivity contribution >= 4 is 11.4 Å². The first-order valence-electron chi connectivity index (χ1n) is 10.9. The number of benzene rings is 1. The Kier molecular flexibility index (Phi) is 7.65. The third-order valence-corrected chi connectivity index (χ3v) is 5.09. The molecule has 0 saturated carbocycles. The van der Waals surface area contributed by atoms with Gasteiger partial charge in [0.25, 0.3) is 0 Å². The molecule has 3 rings (SSSR count). The van der Waals surface area contributed by atoms with Gasteiger partial charge in [0.05, 0.1) is 12.2 Å². The van der Waals surface area contributed by atoms with Gasteiger partial charge in [0, 0.05) is 46.9 Å². The molecule has 162 valence electrons. The second-order valence-corrected chi connectivity index (χ2v) is 8.28. The van der Waals surface area contributed by atoms with E-state index in [1.54, 1.807) is 6.20 Å². The smallest absolute Gasteiger partial charge is 0.0741 e. The van der Waals surface area contributed by atoms with Crippen LogP contribution in [0.4, 0.5) is 11.4 Å². The molecule has 0 atom stereocenters. The van der Waals surface area contributed by atoms with Crippen molar-refractivity contribution in [3.05, 3.63) is 83.6 Å². The molecule has 3 aromatic rings. The summed E-state index contributed by atoms with van der Waals surface area (Å²) in [6, 6.07) is 14.5. The Morgan fingerprint density at radius 2 is 1.97 bits per heavy atom. The summed E-state index contributed by atoms with van der Waals surface area (Å²) >= 11 is 0. The summed E-state index contributed by atoms with van der Waals surface area (Å²) < 4.78 is 0. The van der Waals surface area contributed by atoms with Gasteiger partial charge in [-0.3, -0.25) is 9.97 Å². The van der Waals surface area contributed by atoms with E-state index in [1.165, 1.54) is 11.1 Å². The van der Waals surface area contributed by atoms with Gasteiger partial charge in [0.2, 0.25) is 0 Å². The maximum atomic E-state index is 6.23. The number of hydrogen-bond donors (Lipinski definition) is 3. The van der Waals surface area contributed by atoms with Crippen molar-refractivity contribution in [1.29, 1.82) is 0 Å². The fraction of sp³-hybridized carbons (Fsp3) is 0.308. The van der Waals surface area contributed by atoms with Gasteiger partial charge < -0.3 is 16.4 Å². The highest BCUT2D eigenvalue weighted by Gasteiger charge is 2.06. The lowest BCUT2D eigenvalue weighted by Gasteiger charge is -2.12. The molecule has 0 spiro atoms. The predicted molar refractivity (Wildman–Crippen MR) is 131 cm³/mol. The number of rotatable bonds is 9. The third kappa shape index (κ3) is 6.57. The molecular weight excluding hydrogens is 382 g/mol. The van der Waals surface area contributed by atoms with E-state index >= 15 is 0 Å². The van der Waals surface area contributed by atoms with Crippen molar-refractivity contribution < 1.29 is 0 Å². The minimum atomic E-state index is 0.539. The molecular formula is C26H33N5. The molecule has 0 fully saturated rings. The van der Waals surface area contributed by atoms with Gasteiger partial charge in [-0.1, -0.05) is 26.8 Å². The summed E-state index contributed by atoms with van der Waals surface area (Å²) in [6.45, 7) is 9.29. The third-order valence-electron chi connectivity index (χ3n) is 5.09. The highest BCUT2D eigenvalue weighted by Crippen LogP contribution is 2.22. The molecule has 5 heteroatoms. The summed E-state index contributed by atoms with van der Waals surface area (Å²) in [5.41, 5.74) is 14.6. The maximum Gasteiger partial charge on any atom is 0.0741 e. The first-order valence-corrected chi connectivity index (χ1v) is 10.9. The molecule has 31 heavy (non-hydrogen) atoms. The summed E-state index contributed by atoms with van der Waals surface area (Å²) in [7, 11) is 0. The number of anilines is 2. The molecule has 1 aromatic carbocycles. The van der Waals surface area contributed by atoms with E-state index in [4.69, 9.17) is 10.7 Å². The highest BCUT2D eigenvalue weighted by molar-refractivity contribution is 5.64. The lowest BCUT2D eigenvalue weighted by Crippen LogP contribution is -2.13. The summed E-state index contributed by atoms with van der Waals surface area (Å²) in [4.78, 5) is 8.92. The number of nitrogens with zero attached hydrogens (tertiary/aromatic N) is 2. The first kappa shape index (κ1) is 22.3. The van der Waals surface area contributed by atoms with Gasteiger partial charge in [-0.05, 0) is 73.2 Å². The average Bonchev–Trinajstić information content (AvgIpc) is 2.78. The monoisotopic (exact) mass is 415 g/mol. The molecule has 5 nitrogen and oxygen atoms in total. The van der Waals surface area contributed by atoms with Crippen LogP contribution in [0.3, 0.4) is 0 Å². The van der Waals surface area contributed by atoms with Crippen molar-refractivity contribution in [2.45, 2.75) is 40.5 Å². The minimum Gasteiger partial charge on any atom is -0.399 e. The van der Waals surface area contributed by atoms with Gasteiger partial charge >= 0.3 is 0 Å². The first-order chi connectivity index (χ1) is 14.9. The molecule has 0 radical (unpaired) electrons. The summed E-state index contributed by atoms with van der Waals surface area (Å²) in [6.07, 6.45) is 7.42. The van der Waals surface area contributed by atoms with E-state index in [0.717, 1.165) is 46.9 Å².